The molecule has 1 fully saturated rings. The van der Waals surface area contributed by atoms with Gasteiger partial charge in [-0.15, -0.1) is 0 Å². The van der Waals surface area contributed by atoms with Crippen molar-refractivity contribution in [1.82, 2.24) is 9.97 Å². The molecule has 2 heterocycles. The van der Waals surface area contributed by atoms with Crippen LogP contribution in [0.2, 0.25) is 0 Å². The molecule has 3 aromatic rings. The molecule has 4 heteroatoms. The molecule has 1 aromatic carbocycles. The Morgan fingerprint density at radius 2 is 2.18 bits per heavy atom. The molecule has 1 saturated carbocycles. The maximum absolute atomic E-state index is 12.3. The number of aryl methyl sites for hydroxylation is 1. The van der Waals surface area contributed by atoms with E-state index in [-0.39, 0.29) is 5.97 Å². The summed E-state index contributed by atoms with van der Waals surface area (Å²) in [5, 5.41) is 1.06. The molecule has 112 valence electrons. The third-order valence-electron chi connectivity index (χ3n) is 4.22. The van der Waals surface area contributed by atoms with Gasteiger partial charge in [0, 0.05) is 22.5 Å². The minimum atomic E-state index is -0.278. The minimum Gasteiger partial charge on any atom is -0.462 e. The lowest BCUT2D eigenvalue weighted by Crippen LogP contribution is -2.07. The standard InChI is InChI=1S/C18H18N2O2/c1-3-22-18(21)13-9-14(11-5-6-11)19-16-12-7-4-10(2)8-15(12)20-17(13)16/h4,7-9,11,20H,3,5-6H2,1-2H3. The average Bonchev–Trinajstić information content (AvgIpc) is 3.28. The highest BCUT2D eigenvalue weighted by molar-refractivity contribution is 6.12. The summed E-state index contributed by atoms with van der Waals surface area (Å²) in [6, 6.07) is 8.14. The zero-order valence-electron chi connectivity index (χ0n) is 12.8. The lowest BCUT2D eigenvalue weighted by Gasteiger charge is -2.06. The first-order valence-electron chi connectivity index (χ1n) is 7.77. The van der Waals surface area contributed by atoms with Crippen LogP contribution < -0.4 is 0 Å². The first-order valence-corrected chi connectivity index (χ1v) is 7.77. The fourth-order valence-corrected chi connectivity index (χ4v) is 2.95. The second kappa shape index (κ2) is 4.83. The van der Waals surface area contributed by atoms with Crippen molar-refractivity contribution in [3.63, 3.8) is 0 Å². The Balaban J connectivity index is 2.02. The van der Waals surface area contributed by atoms with E-state index in [9.17, 15) is 4.79 Å². The van der Waals surface area contributed by atoms with Gasteiger partial charge >= 0.3 is 5.97 Å². The number of carbonyl (C=O) groups excluding carboxylic acids is 1. The first kappa shape index (κ1) is 13.3. The molecule has 4 rings (SSSR count). The number of hydrogen-bond donors (Lipinski definition) is 1. The molecule has 2 aromatic heterocycles. The van der Waals surface area contributed by atoms with Crippen LogP contribution in [0.3, 0.4) is 0 Å². The number of H-pyrrole nitrogens is 1. The average molecular weight is 294 g/mol. The van der Waals surface area contributed by atoms with Crippen molar-refractivity contribution in [3.05, 3.63) is 41.1 Å². The zero-order valence-corrected chi connectivity index (χ0v) is 12.8. The van der Waals surface area contributed by atoms with E-state index in [0.29, 0.717) is 18.1 Å². The number of nitrogens with one attached hydrogen (secondary N) is 1. The highest BCUT2D eigenvalue weighted by atomic mass is 16.5. The highest BCUT2D eigenvalue weighted by Gasteiger charge is 2.28. The number of aromatic amines is 1. The van der Waals surface area contributed by atoms with E-state index >= 15 is 0 Å². The van der Waals surface area contributed by atoms with Gasteiger partial charge in [-0.05, 0) is 44.4 Å². The first-order chi connectivity index (χ1) is 10.7. The van der Waals surface area contributed by atoms with Crippen molar-refractivity contribution in [1.29, 1.82) is 0 Å². The van der Waals surface area contributed by atoms with Crippen molar-refractivity contribution in [3.8, 4) is 0 Å². The molecule has 0 aliphatic heterocycles. The summed E-state index contributed by atoms with van der Waals surface area (Å²) >= 11 is 0. The Labute approximate surface area is 128 Å². The number of nitrogens with zero attached hydrogens (tertiary/aromatic N) is 1. The molecule has 1 aliphatic carbocycles. The minimum absolute atomic E-state index is 0.278. The predicted molar refractivity (Wildman–Crippen MR) is 86.3 cm³/mol. The van der Waals surface area contributed by atoms with E-state index in [1.807, 2.05) is 13.0 Å². The number of carbonyl (C=O) groups is 1. The van der Waals surface area contributed by atoms with Gasteiger partial charge in [0.1, 0.15) is 0 Å². The molecule has 0 saturated heterocycles. The molecular formula is C18H18N2O2. The number of fused-ring (bicyclic) bond motifs is 3. The number of ether oxygens (including phenoxy) is 1. The topological polar surface area (TPSA) is 55.0 Å². The molecule has 0 unspecified atom stereocenters. The number of aromatic nitrogens is 2. The maximum Gasteiger partial charge on any atom is 0.340 e. The molecule has 4 nitrogen and oxygen atoms in total. The zero-order chi connectivity index (χ0) is 15.3. The van der Waals surface area contributed by atoms with Gasteiger partial charge in [0.05, 0.1) is 23.2 Å². The van der Waals surface area contributed by atoms with Crippen LogP contribution in [0.4, 0.5) is 0 Å². The molecule has 22 heavy (non-hydrogen) atoms. The molecule has 1 aliphatic rings. The number of pyridine rings is 1. The number of hydrogen-bond acceptors (Lipinski definition) is 3. The molecular weight excluding hydrogens is 276 g/mol. The Hall–Kier alpha value is -2.36. The molecule has 0 atom stereocenters. The summed E-state index contributed by atoms with van der Waals surface area (Å²) in [5.41, 5.74) is 5.46. The lowest BCUT2D eigenvalue weighted by atomic mass is 10.1. The van der Waals surface area contributed by atoms with Crippen LogP contribution in [-0.4, -0.2) is 22.5 Å². The lowest BCUT2D eigenvalue weighted by molar-refractivity contribution is 0.0528. The van der Waals surface area contributed by atoms with Crippen LogP contribution in [0.25, 0.3) is 21.9 Å². The summed E-state index contributed by atoms with van der Waals surface area (Å²) in [7, 11) is 0. The van der Waals surface area contributed by atoms with Gasteiger partial charge < -0.3 is 9.72 Å². The Morgan fingerprint density at radius 3 is 2.91 bits per heavy atom. The van der Waals surface area contributed by atoms with Crippen molar-refractivity contribution in [2.24, 2.45) is 0 Å². The Kier molecular flexibility index (Phi) is 2.93. The van der Waals surface area contributed by atoms with Gasteiger partial charge in [0.15, 0.2) is 0 Å². The van der Waals surface area contributed by atoms with Crippen molar-refractivity contribution in [2.45, 2.75) is 32.6 Å². The van der Waals surface area contributed by atoms with E-state index in [1.54, 1.807) is 0 Å². The van der Waals surface area contributed by atoms with Gasteiger partial charge in [0.2, 0.25) is 0 Å². The fourth-order valence-electron chi connectivity index (χ4n) is 2.95. The Morgan fingerprint density at radius 1 is 1.36 bits per heavy atom. The third-order valence-corrected chi connectivity index (χ3v) is 4.22. The second-order valence-electron chi connectivity index (χ2n) is 5.99. The second-order valence-corrected chi connectivity index (χ2v) is 5.99. The van der Waals surface area contributed by atoms with Crippen molar-refractivity contribution < 1.29 is 9.53 Å². The maximum atomic E-state index is 12.3. The smallest absolute Gasteiger partial charge is 0.340 e. The van der Waals surface area contributed by atoms with Crippen LogP contribution >= 0.6 is 0 Å². The summed E-state index contributed by atoms with van der Waals surface area (Å²) < 4.78 is 5.22. The van der Waals surface area contributed by atoms with Crippen LogP contribution in [-0.2, 0) is 4.74 Å². The van der Waals surface area contributed by atoms with E-state index in [1.165, 1.54) is 5.56 Å². The Bertz CT molecular complexity index is 891. The van der Waals surface area contributed by atoms with Crippen molar-refractivity contribution >= 4 is 27.9 Å². The van der Waals surface area contributed by atoms with Crippen LogP contribution in [0.5, 0.6) is 0 Å². The van der Waals surface area contributed by atoms with Crippen molar-refractivity contribution in [2.75, 3.05) is 6.61 Å². The molecule has 0 radical (unpaired) electrons. The molecule has 0 spiro atoms. The number of rotatable bonds is 3. The molecule has 0 bridgehead atoms. The molecule has 1 N–H and O–H groups in total. The molecule has 0 amide bonds. The van der Waals surface area contributed by atoms with E-state index in [0.717, 1.165) is 40.5 Å². The summed E-state index contributed by atoms with van der Waals surface area (Å²) in [5.74, 6) is 0.216. The van der Waals surface area contributed by atoms with Crippen LogP contribution in [0.15, 0.2) is 24.3 Å². The van der Waals surface area contributed by atoms with Crippen LogP contribution in [0, 0.1) is 6.92 Å². The predicted octanol–water partition coefficient (Wildman–Crippen LogP) is 4.08. The summed E-state index contributed by atoms with van der Waals surface area (Å²) in [6.07, 6.45) is 2.31. The van der Waals surface area contributed by atoms with Gasteiger partial charge in [-0.2, -0.15) is 0 Å². The quantitative estimate of drug-likeness (QED) is 0.741. The normalized spacial score (nSPS) is 14.6. The van der Waals surface area contributed by atoms with Crippen LogP contribution in [0.1, 0.15) is 47.3 Å². The van der Waals surface area contributed by atoms with E-state index in [2.05, 4.69) is 30.1 Å². The third kappa shape index (κ3) is 2.06. The van der Waals surface area contributed by atoms with E-state index in [4.69, 9.17) is 9.72 Å². The summed E-state index contributed by atoms with van der Waals surface area (Å²) in [6.45, 7) is 4.26. The largest absolute Gasteiger partial charge is 0.462 e. The summed E-state index contributed by atoms with van der Waals surface area (Å²) in [4.78, 5) is 20.5. The van der Waals surface area contributed by atoms with Gasteiger partial charge in [-0.1, -0.05) is 12.1 Å². The SMILES string of the molecule is CCOC(=O)c1cc(C2CC2)nc2c1[nH]c1cc(C)ccc12. The van der Waals surface area contributed by atoms with Gasteiger partial charge in [-0.3, -0.25) is 4.98 Å². The monoisotopic (exact) mass is 294 g/mol. The van der Waals surface area contributed by atoms with Gasteiger partial charge in [-0.25, -0.2) is 4.79 Å². The van der Waals surface area contributed by atoms with E-state index < -0.39 is 0 Å². The fraction of sp³-hybridized carbons (Fsp3) is 0.333. The van der Waals surface area contributed by atoms with Gasteiger partial charge in [0.25, 0.3) is 0 Å². The number of esters is 1. The highest BCUT2D eigenvalue weighted by Crippen LogP contribution is 2.41. The number of benzene rings is 1.